The van der Waals surface area contributed by atoms with E-state index in [0.717, 1.165) is 0 Å². The molecule has 0 bridgehead atoms. The average Bonchev–Trinajstić information content (AvgIpc) is 2.80. The molecule has 158 valence electrons. The van der Waals surface area contributed by atoms with Crippen molar-refractivity contribution in [2.45, 2.75) is 6.92 Å². The Hall–Kier alpha value is -3.81. The third-order valence-electron chi connectivity index (χ3n) is 5.21. The largest absolute Gasteiger partial charge is 0.366 e. The van der Waals surface area contributed by atoms with Crippen molar-refractivity contribution in [1.82, 2.24) is 10.2 Å². The number of piperazine rings is 1. The summed E-state index contributed by atoms with van der Waals surface area (Å²) in [6, 6.07) is 17.2. The quantitative estimate of drug-likeness (QED) is 0.639. The van der Waals surface area contributed by atoms with Crippen molar-refractivity contribution in [2.75, 3.05) is 41.3 Å². The van der Waals surface area contributed by atoms with Gasteiger partial charge in [-0.1, -0.05) is 18.2 Å². The fourth-order valence-electron chi connectivity index (χ4n) is 3.49. The number of carbonyl (C=O) groups is 2. The van der Waals surface area contributed by atoms with Crippen LogP contribution < -0.4 is 15.1 Å². The van der Waals surface area contributed by atoms with Crippen LogP contribution in [0.4, 0.5) is 21.6 Å². The van der Waals surface area contributed by atoms with Gasteiger partial charge in [-0.2, -0.15) is 0 Å². The van der Waals surface area contributed by atoms with Gasteiger partial charge >= 0.3 is 0 Å². The second kappa shape index (κ2) is 8.91. The molecule has 0 radical (unpaired) electrons. The zero-order chi connectivity index (χ0) is 21.8. The maximum Gasteiger partial charge on any atom is 0.276 e. The molecule has 7 nitrogen and oxygen atoms in total. The first kappa shape index (κ1) is 20.5. The molecular weight excluding hydrogens is 397 g/mol. The van der Waals surface area contributed by atoms with Gasteiger partial charge in [0, 0.05) is 37.4 Å². The third-order valence-corrected chi connectivity index (χ3v) is 5.21. The van der Waals surface area contributed by atoms with Gasteiger partial charge in [0.05, 0.1) is 5.69 Å². The summed E-state index contributed by atoms with van der Waals surface area (Å²) < 4.78 is 14.4. The zero-order valence-electron chi connectivity index (χ0n) is 17.1. The molecule has 4 rings (SSSR count). The number of aromatic nitrogens is 2. The van der Waals surface area contributed by atoms with Crippen molar-refractivity contribution in [3.63, 3.8) is 0 Å². The highest BCUT2D eigenvalue weighted by molar-refractivity contribution is 6.02. The van der Waals surface area contributed by atoms with Gasteiger partial charge in [0.1, 0.15) is 5.82 Å². The summed E-state index contributed by atoms with van der Waals surface area (Å²) in [4.78, 5) is 27.7. The number of hydrogen-bond donors (Lipinski definition) is 1. The highest BCUT2D eigenvalue weighted by Crippen LogP contribution is 2.23. The molecule has 1 aliphatic heterocycles. The van der Waals surface area contributed by atoms with Crippen molar-refractivity contribution in [3.05, 3.63) is 77.7 Å². The molecule has 1 aromatic heterocycles. The van der Waals surface area contributed by atoms with E-state index in [1.54, 1.807) is 36.4 Å². The molecule has 2 aromatic carbocycles. The lowest BCUT2D eigenvalue weighted by atomic mass is 10.1. The molecule has 1 fully saturated rings. The Morgan fingerprint density at radius 1 is 0.903 bits per heavy atom. The average molecular weight is 419 g/mol. The Kier molecular flexibility index (Phi) is 5.88. The summed E-state index contributed by atoms with van der Waals surface area (Å²) >= 11 is 0. The van der Waals surface area contributed by atoms with Gasteiger partial charge < -0.3 is 15.1 Å². The summed E-state index contributed by atoms with van der Waals surface area (Å²) in [5, 5.41) is 11.0. The first-order chi connectivity index (χ1) is 15.0. The van der Waals surface area contributed by atoms with Crippen LogP contribution in [0.3, 0.4) is 0 Å². The fourth-order valence-corrected chi connectivity index (χ4v) is 3.49. The van der Waals surface area contributed by atoms with Crippen LogP contribution in [0.1, 0.15) is 27.8 Å². The smallest absolute Gasteiger partial charge is 0.276 e. The van der Waals surface area contributed by atoms with E-state index in [2.05, 4.69) is 15.5 Å². The monoisotopic (exact) mass is 419 g/mol. The molecule has 1 N–H and O–H groups in total. The van der Waals surface area contributed by atoms with Gasteiger partial charge in [0.15, 0.2) is 17.3 Å². The first-order valence-electron chi connectivity index (χ1n) is 10.0. The number of benzene rings is 2. The molecule has 1 aliphatic rings. The SMILES string of the molecule is CC(=O)c1ccc(N2CCN(c3ccc(C(=O)Nc4ccccc4)nn3)CC2)c(F)c1. The molecule has 3 aromatic rings. The lowest BCUT2D eigenvalue weighted by Crippen LogP contribution is -2.47. The van der Waals surface area contributed by atoms with Crippen LogP contribution in [0.15, 0.2) is 60.7 Å². The maximum atomic E-state index is 14.4. The van der Waals surface area contributed by atoms with E-state index >= 15 is 0 Å². The van der Waals surface area contributed by atoms with Crippen LogP contribution in [0, 0.1) is 5.82 Å². The Morgan fingerprint density at radius 2 is 1.61 bits per heavy atom. The number of hydrogen-bond acceptors (Lipinski definition) is 6. The second-order valence-electron chi connectivity index (χ2n) is 7.29. The predicted molar refractivity (Wildman–Crippen MR) is 117 cm³/mol. The number of halogens is 1. The second-order valence-corrected chi connectivity index (χ2v) is 7.29. The molecule has 0 atom stereocenters. The molecule has 2 heterocycles. The van der Waals surface area contributed by atoms with Gasteiger partial charge in [0.2, 0.25) is 0 Å². The Morgan fingerprint density at radius 3 is 2.23 bits per heavy atom. The van der Waals surface area contributed by atoms with Crippen molar-refractivity contribution >= 4 is 28.9 Å². The summed E-state index contributed by atoms with van der Waals surface area (Å²) in [6.45, 7) is 3.91. The minimum absolute atomic E-state index is 0.158. The van der Waals surface area contributed by atoms with Gasteiger partial charge in [-0.3, -0.25) is 9.59 Å². The normalized spacial score (nSPS) is 13.7. The van der Waals surface area contributed by atoms with Crippen LogP contribution in [0.5, 0.6) is 0 Å². The Labute approximate surface area is 179 Å². The van der Waals surface area contributed by atoms with Crippen LogP contribution in [-0.2, 0) is 0 Å². The molecule has 1 saturated heterocycles. The third kappa shape index (κ3) is 4.69. The maximum absolute atomic E-state index is 14.4. The van der Waals surface area contributed by atoms with E-state index in [9.17, 15) is 14.0 Å². The number of nitrogens with one attached hydrogen (secondary N) is 1. The Balaban J connectivity index is 1.37. The van der Waals surface area contributed by atoms with Crippen LogP contribution in [0.25, 0.3) is 0 Å². The van der Waals surface area contributed by atoms with Crippen molar-refractivity contribution in [1.29, 1.82) is 0 Å². The molecule has 0 saturated carbocycles. The molecule has 31 heavy (non-hydrogen) atoms. The van der Waals surface area contributed by atoms with Gasteiger partial charge in [-0.15, -0.1) is 10.2 Å². The first-order valence-corrected chi connectivity index (χ1v) is 10.0. The van der Waals surface area contributed by atoms with Crippen molar-refractivity contribution in [3.8, 4) is 0 Å². The molecule has 1 amide bonds. The fraction of sp³-hybridized carbons (Fsp3) is 0.217. The summed E-state index contributed by atoms with van der Waals surface area (Å²) in [6.07, 6.45) is 0. The highest BCUT2D eigenvalue weighted by Gasteiger charge is 2.21. The molecule has 0 unspecified atom stereocenters. The number of amides is 1. The Bertz CT molecular complexity index is 1080. The summed E-state index contributed by atoms with van der Waals surface area (Å²) in [5.41, 5.74) is 1.78. The number of para-hydroxylation sites is 1. The van der Waals surface area contributed by atoms with E-state index in [-0.39, 0.29) is 17.4 Å². The van der Waals surface area contributed by atoms with Crippen LogP contribution >= 0.6 is 0 Å². The standard InChI is InChI=1S/C23H22FN5O2/c1-16(30)17-7-9-21(19(24)15-17)28-11-13-29(14-12-28)22-10-8-20(26-27-22)23(31)25-18-5-3-2-4-6-18/h2-10,15H,11-14H2,1H3,(H,25,31). The van der Waals surface area contributed by atoms with Crippen molar-refractivity contribution in [2.24, 2.45) is 0 Å². The lowest BCUT2D eigenvalue weighted by molar-refractivity contribution is 0.101. The molecule has 8 heteroatoms. The summed E-state index contributed by atoms with van der Waals surface area (Å²) in [5.74, 6) is -0.202. The molecule has 0 aliphatic carbocycles. The number of anilines is 3. The number of Topliss-reactive ketones (excluding diaryl/α,β-unsaturated/α-hetero) is 1. The molecule has 0 spiro atoms. The van der Waals surface area contributed by atoms with Crippen LogP contribution in [0.2, 0.25) is 0 Å². The topological polar surface area (TPSA) is 78.4 Å². The number of ketones is 1. The van der Waals surface area contributed by atoms with E-state index in [0.29, 0.717) is 48.9 Å². The number of carbonyl (C=O) groups excluding carboxylic acids is 2. The number of nitrogens with zero attached hydrogens (tertiary/aromatic N) is 4. The van der Waals surface area contributed by atoms with E-state index in [4.69, 9.17) is 0 Å². The van der Waals surface area contributed by atoms with Crippen LogP contribution in [-0.4, -0.2) is 48.1 Å². The van der Waals surface area contributed by atoms with Gasteiger partial charge in [0.25, 0.3) is 5.91 Å². The van der Waals surface area contributed by atoms with E-state index in [1.807, 2.05) is 28.0 Å². The van der Waals surface area contributed by atoms with Gasteiger partial charge in [-0.05, 0) is 49.4 Å². The van der Waals surface area contributed by atoms with E-state index < -0.39 is 5.82 Å². The highest BCUT2D eigenvalue weighted by atomic mass is 19.1. The number of rotatable bonds is 5. The minimum atomic E-state index is -0.394. The predicted octanol–water partition coefficient (Wildman–Crippen LogP) is 3.40. The zero-order valence-corrected chi connectivity index (χ0v) is 17.1. The minimum Gasteiger partial charge on any atom is -0.366 e. The molecular formula is C23H22FN5O2. The van der Waals surface area contributed by atoms with Gasteiger partial charge in [-0.25, -0.2) is 4.39 Å². The van der Waals surface area contributed by atoms with E-state index in [1.165, 1.54) is 13.0 Å². The van der Waals surface area contributed by atoms with Crippen molar-refractivity contribution < 1.29 is 14.0 Å². The summed E-state index contributed by atoms with van der Waals surface area (Å²) in [7, 11) is 0. The lowest BCUT2D eigenvalue weighted by Gasteiger charge is -2.36.